The van der Waals surface area contributed by atoms with Gasteiger partial charge in [-0.25, -0.2) is 14.8 Å². The van der Waals surface area contributed by atoms with Gasteiger partial charge in [-0.05, 0) is 12.1 Å². The smallest absolute Gasteiger partial charge is 0.354 e. The molecule has 6 nitrogen and oxygen atoms in total. The summed E-state index contributed by atoms with van der Waals surface area (Å²) in [5, 5.41) is 8.94. The van der Waals surface area contributed by atoms with Gasteiger partial charge in [-0.2, -0.15) is 0 Å². The fraction of sp³-hybridized carbons (Fsp3) is 0.154. The average molecular weight is 295 g/mol. The first-order chi connectivity index (χ1) is 9.58. The first kappa shape index (κ1) is 14.1. The van der Waals surface area contributed by atoms with Gasteiger partial charge in [0.1, 0.15) is 23.3 Å². The molecule has 1 heterocycles. The molecule has 2 rings (SSSR count). The van der Waals surface area contributed by atoms with E-state index in [1.54, 1.807) is 31.4 Å². The number of hydrogen-bond acceptors (Lipinski definition) is 5. The molecule has 0 bridgehead atoms. The van der Waals surface area contributed by atoms with E-state index in [0.29, 0.717) is 11.5 Å². The van der Waals surface area contributed by atoms with E-state index in [9.17, 15) is 4.79 Å². The van der Waals surface area contributed by atoms with Gasteiger partial charge in [0.2, 0.25) is 0 Å². The molecule has 1 N–H and O–H groups in total. The van der Waals surface area contributed by atoms with Crippen LogP contribution in [0.2, 0.25) is 5.15 Å². The van der Waals surface area contributed by atoms with Crippen molar-refractivity contribution in [2.75, 3.05) is 7.11 Å². The van der Waals surface area contributed by atoms with Gasteiger partial charge in [-0.15, -0.1) is 0 Å². The third kappa shape index (κ3) is 3.58. The van der Waals surface area contributed by atoms with Crippen LogP contribution in [0.4, 0.5) is 0 Å². The fourth-order valence-electron chi connectivity index (χ4n) is 1.48. The third-order valence-corrected chi connectivity index (χ3v) is 2.56. The Morgan fingerprint density at radius 1 is 1.30 bits per heavy atom. The van der Waals surface area contributed by atoms with Gasteiger partial charge >= 0.3 is 5.97 Å². The second-order valence-electron chi connectivity index (χ2n) is 3.76. The summed E-state index contributed by atoms with van der Waals surface area (Å²) in [7, 11) is 1.55. The van der Waals surface area contributed by atoms with Crippen molar-refractivity contribution in [1.82, 2.24) is 9.97 Å². The Morgan fingerprint density at radius 3 is 2.75 bits per heavy atom. The van der Waals surface area contributed by atoms with Gasteiger partial charge in [0, 0.05) is 12.1 Å². The number of methoxy groups -OCH3 is 1. The van der Waals surface area contributed by atoms with Crippen molar-refractivity contribution < 1.29 is 19.4 Å². The lowest BCUT2D eigenvalue weighted by Crippen LogP contribution is -2.08. The van der Waals surface area contributed by atoms with Crippen LogP contribution < -0.4 is 9.47 Å². The number of nitrogens with zero attached hydrogens (tertiary/aromatic N) is 2. The molecule has 0 aliphatic rings. The van der Waals surface area contributed by atoms with E-state index >= 15 is 0 Å². The molecule has 20 heavy (non-hydrogen) atoms. The van der Waals surface area contributed by atoms with Crippen LogP contribution in [-0.4, -0.2) is 28.2 Å². The van der Waals surface area contributed by atoms with E-state index in [0.717, 1.165) is 0 Å². The average Bonchev–Trinajstić information content (AvgIpc) is 2.44. The maximum absolute atomic E-state index is 10.9. The van der Waals surface area contributed by atoms with Gasteiger partial charge in [0.05, 0.1) is 7.11 Å². The summed E-state index contributed by atoms with van der Waals surface area (Å²) in [6, 6.07) is 8.17. The minimum atomic E-state index is -1.17. The van der Waals surface area contributed by atoms with Crippen LogP contribution in [0.1, 0.15) is 16.3 Å². The molecule has 0 fully saturated rings. The number of halogens is 1. The Labute approximate surface area is 120 Å². The Hall–Kier alpha value is -2.34. The van der Waals surface area contributed by atoms with Crippen LogP contribution in [0, 0.1) is 0 Å². The molecule has 1 aromatic carbocycles. The quantitative estimate of drug-likeness (QED) is 0.853. The summed E-state index contributed by atoms with van der Waals surface area (Å²) in [6.45, 7) is 0.00794. The van der Waals surface area contributed by atoms with Crippen molar-refractivity contribution in [2.24, 2.45) is 0 Å². The molecule has 0 saturated heterocycles. The zero-order valence-corrected chi connectivity index (χ0v) is 11.3. The number of carbonyl (C=O) groups is 1. The van der Waals surface area contributed by atoms with E-state index in [-0.39, 0.29) is 23.3 Å². The molecular formula is C13H11ClN2O4. The molecule has 2 aromatic rings. The highest BCUT2D eigenvalue weighted by Gasteiger charge is 2.10. The molecule has 0 saturated carbocycles. The number of rotatable bonds is 5. The maximum atomic E-state index is 10.9. The first-order valence-electron chi connectivity index (χ1n) is 5.62. The molecule has 104 valence electrons. The molecule has 0 unspecified atom stereocenters. The van der Waals surface area contributed by atoms with Crippen LogP contribution >= 0.6 is 11.6 Å². The standard InChI is InChI=1S/C13H11ClN2O4/c1-19-8-3-2-4-9(5-8)20-7-12-15-10(13(17)18)6-11(14)16-12/h2-6H,7H2,1H3,(H,17,18). The predicted molar refractivity (Wildman–Crippen MR) is 71.3 cm³/mol. The zero-order chi connectivity index (χ0) is 14.5. The topological polar surface area (TPSA) is 81.5 Å². The summed E-state index contributed by atoms with van der Waals surface area (Å²) >= 11 is 5.73. The molecule has 7 heteroatoms. The molecule has 0 aliphatic carbocycles. The Bertz CT molecular complexity index is 634. The lowest BCUT2D eigenvalue weighted by Gasteiger charge is -2.07. The number of benzene rings is 1. The number of ether oxygens (including phenoxy) is 2. The van der Waals surface area contributed by atoms with Crippen molar-refractivity contribution in [3.8, 4) is 11.5 Å². The molecule has 0 atom stereocenters. The number of hydrogen-bond donors (Lipinski definition) is 1. The number of aromatic nitrogens is 2. The molecule has 0 radical (unpaired) electrons. The Kier molecular flexibility index (Phi) is 4.37. The summed E-state index contributed by atoms with van der Waals surface area (Å²) < 4.78 is 10.5. The van der Waals surface area contributed by atoms with Gasteiger partial charge in [-0.1, -0.05) is 17.7 Å². The van der Waals surface area contributed by atoms with Crippen LogP contribution in [-0.2, 0) is 6.61 Å². The zero-order valence-electron chi connectivity index (χ0n) is 10.5. The van der Waals surface area contributed by atoms with Crippen molar-refractivity contribution in [3.63, 3.8) is 0 Å². The van der Waals surface area contributed by atoms with Gasteiger partial charge in [0.15, 0.2) is 11.5 Å². The van der Waals surface area contributed by atoms with E-state index in [1.165, 1.54) is 6.07 Å². The lowest BCUT2D eigenvalue weighted by atomic mass is 10.3. The molecular weight excluding hydrogens is 284 g/mol. The van der Waals surface area contributed by atoms with Crippen molar-refractivity contribution in [3.05, 3.63) is 47.0 Å². The highest BCUT2D eigenvalue weighted by atomic mass is 35.5. The van der Waals surface area contributed by atoms with Gasteiger partial charge < -0.3 is 14.6 Å². The van der Waals surface area contributed by atoms with Crippen LogP contribution in [0.5, 0.6) is 11.5 Å². The fourth-order valence-corrected chi connectivity index (χ4v) is 1.68. The van der Waals surface area contributed by atoms with E-state index in [1.807, 2.05) is 0 Å². The number of carboxylic acids is 1. The summed E-state index contributed by atoms with van der Waals surface area (Å²) in [6.07, 6.45) is 0. The highest BCUT2D eigenvalue weighted by molar-refractivity contribution is 6.29. The molecule has 0 aliphatic heterocycles. The highest BCUT2D eigenvalue weighted by Crippen LogP contribution is 2.19. The second kappa shape index (κ2) is 6.21. The van der Waals surface area contributed by atoms with Crippen LogP contribution in [0.3, 0.4) is 0 Å². The van der Waals surface area contributed by atoms with Crippen molar-refractivity contribution in [2.45, 2.75) is 6.61 Å². The van der Waals surface area contributed by atoms with E-state index in [4.69, 9.17) is 26.2 Å². The molecule has 1 aromatic heterocycles. The number of carboxylic acid groups (broad SMARTS) is 1. The normalized spacial score (nSPS) is 10.1. The lowest BCUT2D eigenvalue weighted by molar-refractivity contribution is 0.0689. The molecule has 0 spiro atoms. The number of aromatic carboxylic acids is 1. The van der Waals surface area contributed by atoms with Crippen molar-refractivity contribution in [1.29, 1.82) is 0 Å². The second-order valence-corrected chi connectivity index (χ2v) is 4.15. The third-order valence-electron chi connectivity index (χ3n) is 2.37. The van der Waals surface area contributed by atoms with Crippen LogP contribution in [0.15, 0.2) is 30.3 Å². The van der Waals surface area contributed by atoms with E-state index in [2.05, 4.69) is 9.97 Å². The van der Waals surface area contributed by atoms with E-state index < -0.39 is 5.97 Å². The van der Waals surface area contributed by atoms with Gasteiger partial charge in [-0.3, -0.25) is 0 Å². The Morgan fingerprint density at radius 2 is 2.05 bits per heavy atom. The Balaban J connectivity index is 2.12. The summed E-state index contributed by atoms with van der Waals surface area (Å²) in [5.41, 5.74) is -0.172. The minimum absolute atomic E-state index is 0.00794. The van der Waals surface area contributed by atoms with Crippen molar-refractivity contribution >= 4 is 17.6 Å². The maximum Gasteiger partial charge on any atom is 0.354 e. The monoisotopic (exact) mass is 294 g/mol. The van der Waals surface area contributed by atoms with Gasteiger partial charge in [0.25, 0.3) is 0 Å². The molecule has 0 amide bonds. The first-order valence-corrected chi connectivity index (χ1v) is 6.00. The van der Waals surface area contributed by atoms with Crippen LogP contribution in [0.25, 0.3) is 0 Å². The predicted octanol–water partition coefficient (Wildman–Crippen LogP) is 2.42. The summed E-state index contributed by atoms with van der Waals surface area (Å²) in [4.78, 5) is 18.6. The largest absolute Gasteiger partial charge is 0.497 e. The summed E-state index contributed by atoms with van der Waals surface area (Å²) in [5.74, 6) is 0.236. The SMILES string of the molecule is COc1cccc(OCc2nc(Cl)cc(C(=O)O)n2)c1. The minimum Gasteiger partial charge on any atom is -0.497 e.